The van der Waals surface area contributed by atoms with Crippen LogP contribution in [0.15, 0.2) is 33.9 Å². The van der Waals surface area contributed by atoms with E-state index in [4.69, 9.17) is 4.52 Å². The van der Waals surface area contributed by atoms with Crippen molar-refractivity contribution in [3.63, 3.8) is 0 Å². The van der Waals surface area contributed by atoms with Crippen LogP contribution in [0.5, 0.6) is 0 Å². The lowest BCUT2D eigenvalue weighted by molar-refractivity contribution is 0.0946. The van der Waals surface area contributed by atoms with Gasteiger partial charge in [-0.05, 0) is 18.9 Å². The third-order valence-corrected chi connectivity index (χ3v) is 2.60. The standard InChI is InChI=1S/C12H14N4O3/c1-16-11(17)5-4-10(15-16)12(18)13-6-2-3-9-7-14-19-8-9/h4-5,7-8H,2-3,6H2,1H3,(H,13,18). The fourth-order valence-electron chi connectivity index (χ4n) is 1.56. The van der Waals surface area contributed by atoms with Gasteiger partial charge in [-0.1, -0.05) is 5.16 Å². The van der Waals surface area contributed by atoms with Crippen molar-refractivity contribution in [2.24, 2.45) is 7.05 Å². The summed E-state index contributed by atoms with van der Waals surface area (Å²) in [6, 6.07) is 2.73. The molecule has 0 aliphatic heterocycles. The molecule has 0 spiro atoms. The topological polar surface area (TPSA) is 90.0 Å². The normalized spacial score (nSPS) is 10.4. The van der Waals surface area contributed by atoms with Crippen LogP contribution < -0.4 is 10.9 Å². The Hall–Kier alpha value is -2.44. The van der Waals surface area contributed by atoms with Crippen molar-refractivity contribution in [1.82, 2.24) is 20.3 Å². The van der Waals surface area contributed by atoms with E-state index in [0.717, 1.165) is 23.1 Å². The molecule has 2 heterocycles. The molecule has 1 N–H and O–H groups in total. The van der Waals surface area contributed by atoms with Gasteiger partial charge in [0, 0.05) is 25.2 Å². The van der Waals surface area contributed by atoms with Crippen molar-refractivity contribution < 1.29 is 9.32 Å². The molecule has 1 amide bonds. The Morgan fingerprint density at radius 2 is 2.32 bits per heavy atom. The fourth-order valence-corrected chi connectivity index (χ4v) is 1.56. The Balaban J connectivity index is 1.80. The highest BCUT2D eigenvalue weighted by molar-refractivity contribution is 5.91. The first-order valence-corrected chi connectivity index (χ1v) is 5.87. The van der Waals surface area contributed by atoms with E-state index in [1.807, 2.05) is 0 Å². The second-order valence-corrected chi connectivity index (χ2v) is 4.07. The van der Waals surface area contributed by atoms with Gasteiger partial charge in [-0.15, -0.1) is 0 Å². The summed E-state index contributed by atoms with van der Waals surface area (Å²) in [6.07, 6.45) is 4.79. The maximum absolute atomic E-state index is 11.7. The summed E-state index contributed by atoms with van der Waals surface area (Å²) in [5.41, 5.74) is 0.977. The minimum atomic E-state index is -0.291. The minimum absolute atomic E-state index is 0.229. The van der Waals surface area contributed by atoms with Crippen LogP contribution in [0.2, 0.25) is 0 Å². The number of hydrogen-bond donors (Lipinski definition) is 1. The van der Waals surface area contributed by atoms with Crippen LogP contribution in [0, 0.1) is 0 Å². The highest BCUT2D eigenvalue weighted by atomic mass is 16.5. The molecule has 100 valence electrons. The van der Waals surface area contributed by atoms with Crippen molar-refractivity contribution in [2.45, 2.75) is 12.8 Å². The molecule has 0 aliphatic carbocycles. The minimum Gasteiger partial charge on any atom is -0.364 e. The quantitative estimate of drug-likeness (QED) is 0.773. The Bertz CT molecular complexity index is 604. The molecule has 0 atom stereocenters. The van der Waals surface area contributed by atoms with Gasteiger partial charge in [0.15, 0.2) is 0 Å². The molecule has 7 heteroatoms. The Kier molecular flexibility index (Phi) is 4.07. The Morgan fingerprint density at radius 3 is 3.00 bits per heavy atom. The van der Waals surface area contributed by atoms with E-state index in [1.165, 1.54) is 19.2 Å². The molecule has 0 unspecified atom stereocenters. The number of aryl methyl sites for hydroxylation is 2. The van der Waals surface area contributed by atoms with E-state index < -0.39 is 0 Å². The summed E-state index contributed by atoms with van der Waals surface area (Å²) in [4.78, 5) is 22.9. The van der Waals surface area contributed by atoms with E-state index in [-0.39, 0.29) is 17.2 Å². The monoisotopic (exact) mass is 262 g/mol. The van der Waals surface area contributed by atoms with Crippen LogP contribution in [-0.2, 0) is 13.5 Å². The van der Waals surface area contributed by atoms with Gasteiger partial charge in [-0.2, -0.15) is 5.10 Å². The highest BCUT2D eigenvalue weighted by Crippen LogP contribution is 2.00. The smallest absolute Gasteiger partial charge is 0.271 e. The molecule has 2 aromatic heterocycles. The number of rotatable bonds is 5. The van der Waals surface area contributed by atoms with E-state index in [2.05, 4.69) is 15.6 Å². The Labute approximate surface area is 109 Å². The van der Waals surface area contributed by atoms with Gasteiger partial charge in [-0.3, -0.25) is 9.59 Å². The van der Waals surface area contributed by atoms with Crippen molar-refractivity contribution in [3.8, 4) is 0 Å². The zero-order chi connectivity index (χ0) is 13.7. The average Bonchev–Trinajstić information content (AvgIpc) is 2.91. The van der Waals surface area contributed by atoms with Gasteiger partial charge in [0.05, 0.1) is 6.20 Å². The van der Waals surface area contributed by atoms with E-state index in [1.54, 1.807) is 12.5 Å². The molecule has 0 saturated heterocycles. The molecular weight excluding hydrogens is 248 g/mol. The summed E-state index contributed by atoms with van der Waals surface area (Å²) < 4.78 is 5.84. The van der Waals surface area contributed by atoms with Crippen molar-refractivity contribution in [1.29, 1.82) is 0 Å². The molecule has 7 nitrogen and oxygen atoms in total. The lowest BCUT2D eigenvalue weighted by Gasteiger charge is -2.04. The number of carbonyl (C=O) groups excluding carboxylic acids is 1. The highest BCUT2D eigenvalue weighted by Gasteiger charge is 2.07. The SMILES string of the molecule is Cn1nc(C(=O)NCCCc2cnoc2)ccc1=O. The lowest BCUT2D eigenvalue weighted by atomic mass is 10.2. The van der Waals surface area contributed by atoms with E-state index in [0.29, 0.717) is 6.54 Å². The fraction of sp³-hybridized carbons (Fsp3) is 0.333. The molecule has 0 bridgehead atoms. The zero-order valence-corrected chi connectivity index (χ0v) is 10.5. The molecule has 2 aromatic rings. The number of aromatic nitrogens is 3. The Morgan fingerprint density at radius 1 is 1.47 bits per heavy atom. The largest absolute Gasteiger partial charge is 0.364 e. The van der Waals surface area contributed by atoms with Gasteiger partial charge in [0.1, 0.15) is 12.0 Å². The first-order valence-electron chi connectivity index (χ1n) is 5.87. The van der Waals surface area contributed by atoms with Gasteiger partial charge in [-0.25, -0.2) is 4.68 Å². The predicted molar refractivity (Wildman–Crippen MR) is 66.6 cm³/mol. The second kappa shape index (κ2) is 5.94. The third-order valence-electron chi connectivity index (χ3n) is 2.60. The van der Waals surface area contributed by atoms with Crippen molar-refractivity contribution in [3.05, 3.63) is 46.2 Å². The predicted octanol–water partition coefficient (Wildman–Crippen LogP) is 0.131. The number of amides is 1. The third kappa shape index (κ3) is 3.51. The summed E-state index contributed by atoms with van der Waals surface area (Å²) >= 11 is 0. The maximum Gasteiger partial charge on any atom is 0.271 e. The van der Waals surface area contributed by atoms with Crippen LogP contribution in [0.4, 0.5) is 0 Å². The van der Waals surface area contributed by atoms with Gasteiger partial charge < -0.3 is 9.84 Å². The zero-order valence-electron chi connectivity index (χ0n) is 10.5. The number of nitrogens with one attached hydrogen (secondary N) is 1. The molecule has 0 saturated carbocycles. The first kappa shape index (κ1) is 13.0. The van der Waals surface area contributed by atoms with Crippen molar-refractivity contribution in [2.75, 3.05) is 6.54 Å². The van der Waals surface area contributed by atoms with Crippen LogP contribution in [-0.4, -0.2) is 27.4 Å². The van der Waals surface area contributed by atoms with E-state index in [9.17, 15) is 9.59 Å². The van der Waals surface area contributed by atoms with Crippen LogP contribution in [0.25, 0.3) is 0 Å². The summed E-state index contributed by atoms with van der Waals surface area (Å²) in [5.74, 6) is -0.291. The molecule has 0 aliphatic rings. The summed E-state index contributed by atoms with van der Waals surface area (Å²) in [6.45, 7) is 0.522. The summed E-state index contributed by atoms with van der Waals surface area (Å²) in [7, 11) is 1.50. The average molecular weight is 262 g/mol. The number of hydrogen-bond acceptors (Lipinski definition) is 5. The molecule has 0 aromatic carbocycles. The van der Waals surface area contributed by atoms with Crippen LogP contribution in [0.1, 0.15) is 22.5 Å². The molecular formula is C12H14N4O3. The maximum atomic E-state index is 11.7. The van der Waals surface area contributed by atoms with Crippen LogP contribution in [0.3, 0.4) is 0 Å². The lowest BCUT2D eigenvalue weighted by Crippen LogP contribution is -2.29. The molecule has 0 fully saturated rings. The number of nitrogens with zero attached hydrogens (tertiary/aromatic N) is 3. The first-order chi connectivity index (χ1) is 9.16. The molecule has 2 rings (SSSR count). The van der Waals surface area contributed by atoms with Gasteiger partial charge in [0.2, 0.25) is 0 Å². The molecule has 19 heavy (non-hydrogen) atoms. The van der Waals surface area contributed by atoms with Gasteiger partial charge >= 0.3 is 0 Å². The number of carbonyl (C=O) groups is 1. The van der Waals surface area contributed by atoms with Crippen molar-refractivity contribution >= 4 is 5.91 Å². The van der Waals surface area contributed by atoms with Gasteiger partial charge in [0.25, 0.3) is 11.5 Å². The van der Waals surface area contributed by atoms with E-state index >= 15 is 0 Å². The second-order valence-electron chi connectivity index (χ2n) is 4.07. The summed E-state index contributed by atoms with van der Waals surface area (Å²) in [5, 5.41) is 10.2. The molecule has 0 radical (unpaired) electrons. The van der Waals surface area contributed by atoms with Crippen LogP contribution >= 0.6 is 0 Å².